The Morgan fingerprint density at radius 2 is 2.10 bits per heavy atom. The van der Waals surface area contributed by atoms with E-state index >= 15 is 0 Å². The molecular weight excluding hydrogens is 312 g/mol. The minimum atomic E-state index is 0.153. The Hall–Kier alpha value is -0.380. The molecule has 0 amide bonds. The molecule has 3 atom stereocenters. The number of halogens is 1. The van der Waals surface area contributed by atoms with E-state index in [0.29, 0.717) is 5.92 Å². The number of nitrogens with zero attached hydrogens (tertiary/aromatic N) is 1. The summed E-state index contributed by atoms with van der Waals surface area (Å²) in [5.74, 6) is 1.44. The summed E-state index contributed by atoms with van der Waals surface area (Å²) in [4.78, 5) is 2.50. The topological polar surface area (TPSA) is 29.3 Å². The zero-order valence-electron chi connectivity index (χ0n) is 12.9. The quantitative estimate of drug-likeness (QED) is 0.897. The second-order valence-electron chi connectivity index (χ2n) is 6.58. The molecule has 112 valence electrons. The average molecular weight is 339 g/mol. The molecule has 1 fully saturated rings. The van der Waals surface area contributed by atoms with Crippen molar-refractivity contribution in [3.05, 3.63) is 34.3 Å². The van der Waals surface area contributed by atoms with Crippen LogP contribution in [0.25, 0.3) is 0 Å². The Morgan fingerprint density at radius 3 is 2.75 bits per heavy atom. The molecule has 2 rings (SSSR count). The van der Waals surface area contributed by atoms with Gasteiger partial charge in [0.05, 0.1) is 0 Å². The van der Waals surface area contributed by atoms with Crippen LogP contribution in [0.1, 0.15) is 38.7 Å². The van der Waals surface area contributed by atoms with Gasteiger partial charge in [-0.05, 0) is 49.4 Å². The summed E-state index contributed by atoms with van der Waals surface area (Å²) in [7, 11) is 2.24. The molecule has 0 spiro atoms. The van der Waals surface area contributed by atoms with Crippen molar-refractivity contribution < 1.29 is 0 Å². The lowest BCUT2D eigenvalue weighted by molar-refractivity contribution is 0.00903. The molecule has 1 saturated carbocycles. The van der Waals surface area contributed by atoms with Gasteiger partial charge in [-0.3, -0.25) is 4.90 Å². The van der Waals surface area contributed by atoms with Gasteiger partial charge in [-0.15, -0.1) is 0 Å². The predicted octanol–water partition coefficient (Wildman–Crippen LogP) is 4.03. The van der Waals surface area contributed by atoms with Crippen molar-refractivity contribution in [1.29, 1.82) is 0 Å². The predicted molar refractivity (Wildman–Crippen MR) is 89.6 cm³/mol. The van der Waals surface area contributed by atoms with E-state index < -0.39 is 0 Å². The molecule has 0 bridgehead atoms. The van der Waals surface area contributed by atoms with Crippen molar-refractivity contribution in [1.82, 2.24) is 4.90 Å². The normalized spacial score (nSPS) is 30.7. The number of hydrogen-bond acceptors (Lipinski definition) is 2. The number of hydrogen-bond donors (Lipinski definition) is 1. The monoisotopic (exact) mass is 338 g/mol. The fraction of sp³-hybridized carbons (Fsp3) is 0.647. The Kier molecular flexibility index (Phi) is 5.27. The van der Waals surface area contributed by atoms with Crippen LogP contribution in [0.15, 0.2) is 28.7 Å². The summed E-state index contributed by atoms with van der Waals surface area (Å²) < 4.78 is 1.15. The van der Waals surface area contributed by atoms with E-state index in [0.717, 1.165) is 23.5 Å². The van der Waals surface area contributed by atoms with Crippen LogP contribution in [0.3, 0.4) is 0 Å². The summed E-state index contributed by atoms with van der Waals surface area (Å²) in [5.41, 5.74) is 7.72. The highest BCUT2D eigenvalue weighted by Gasteiger charge is 2.42. The van der Waals surface area contributed by atoms with E-state index in [9.17, 15) is 0 Å². The molecule has 1 aromatic carbocycles. The molecule has 3 heteroatoms. The average Bonchev–Trinajstić information content (AvgIpc) is 2.41. The highest BCUT2D eigenvalue weighted by Crippen LogP contribution is 2.40. The van der Waals surface area contributed by atoms with Crippen LogP contribution < -0.4 is 5.73 Å². The molecule has 0 saturated heterocycles. The van der Waals surface area contributed by atoms with Crippen molar-refractivity contribution in [2.45, 2.75) is 45.2 Å². The Balaban J connectivity index is 2.17. The first kappa shape index (κ1) is 16.0. The van der Waals surface area contributed by atoms with E-state index in [2.05, 4.69) is 66.0 Å². The summed E-state index contributed by atoms with van der Waals surface area (Å²) in [6.07, 6.45) is 3.85. The van der Waals surface area contributed by atoms with Gasteiger partial charge in [0.2, 0.25) is 0 Å². The summed E-state index contributed by atoms with van der Waals surface area (Å²) in [6.45, 7) is 6.45. The van der Waals surface area contributed by atoms with Crippen LogP contribution in [-0.4, -0.2) is 24.0 Å². The van der Waals surface area contributed by atoms with Crippen molar-refractivity contribution in [2.75, 3.05) is 13.6 Å². The smallest absolute Gasteiger partial charge is 0.0360 e. The SMILES string of the molecule is CC1CCC(C)C(CN)(N(C)Cc2cccc(Br)c2)C1. The zero-order chi connectivity index (χ0) is 14.8. The molecule has 1 aliphatic carbocycles. The first-order valence-corrected chi connectivity index (χ1v) is 8.43. The Labute approximate surface area is 131 Å². The maximum absolute atomic E-state index is 6.22. The molecule has 1 aromatic rings. The van der Waals surface area contributed by atoms with Crippen molar-refractivity contribution in [3.63, 3.8) is 0 Å². The molecule has 0 aliphatic heterocycles. The van der Waals surface area contributed by atoms with Gasteiger partial charge < -0.3 is 5.73 Å². The highest BCUT2D eigenvalue weighted by atomic mass is 79.9. The molecule has 2 N–H and O–H groups in total. The maximum atomic E-state index is 6.22. The lowest BCUT2D eigenvalue weighted by Crippen LogP contribution is -2.58. The summed E-state index contributed by atoms with van der Waals surface area (Å²) in [5, 5.41) is 0. The molecule has 0 radical (unpaired) electrons. The summed E-state index contributed by atoms with van der Waals surface area (Å²) in [6, 6.07) is 8.59. The van der Waals surface area contributed by atoms with Crippen molar-refractivity contribution >= 4 is 15.9 Å². The van der Waals surface area contributed by atoms with Gasteiger partial charge in [0.15, 0.2) is 0 Å². The van der Waals surface area contributed by atoms with Gasteiger partial charge in [0.1, 0.15) is 0 Å². The van der Waals surface area contributed by atoms with E-state index in [1.807, 2.05) is 0 Å². The van der Waals surface area contributed by atoms with Crippen LogP contribution in [-0.2, 0) is 6.54 Å². The number of benzene rings is 1. The lowest BCUT2D eigenvalue weighted by Gasteiger charge is -2.50. The molecule has 0 aromatic heterocycles. The minimum absolute atomic E-state index is 0.153. The number of rotatable bonds is 4. The largest absolute Gasteiger partial charge is 0.329 e. The molecule has 20 heavy (non-hydrogen) atoms. The number of nitrogens with two attached hydrogens (primary N) is 1. The second-order valence-corrected chi connectivity index (χ2v) is 7.50. The third-order valence-corrected chi connectivity index (χ3v) is 5.63. The van der Waals surface area contributed by atoms with E-state index in [-0.39, 0.29) is 5.54 Å². The van der Waals surface area contributed by atoms with Gasteiger partial charge in [0, 0.05) is 23.1 Å². The Bertz CT molecular complexity index is 448. The van der Waals surface area contributed by atoms with Crippen LogP contribution >= 0.6 is 15.9 Å². The third-order valence-electron chi connectivity index (χ3n) is 5.13. The first-order valence-electron chi connectivity index (χ1n) is 7.63. The highest BCUT2D eigenvalue weighted by molar-refractivity contribution is 9.10. The van der Waals surface area contributed by atoms with Gasteiger partial charge in [-0.25, -0.2) is 0 Å². The second kappa shape index (κ2) is 6.59. The van der Waals surface area contributed by atoms with Gasteiger partial charge in [0.25, 0.3) is 0 Å². The zero-order valence-corrected chi connectivity index (χ0v) is 14.5. The van der Waals surface area contributed by atoms with Crippen LogP contribution in [0.5, 0.6) is 0 Å². The molecular formula is C17H27BrN2. The van der Waals surface area contributed by atoms with Crippen LogP contribution in [0.4, 0.5) is 0 Å². The van der Waals surface area contributed by atoms with Crippen LogP contribution in [0.2, 0.25) is 0 Å². The fourth-order valence-corrected chi connectivity index (χ4v) is 4.20. The van der Waals surface area contributed by atoms with Gasteiger partial charge in [-0.1, -0.05) is 48.3 Å². The van der Waals surface area contributed by atoms with Gasteiger partial charge in [-0.2, -0.15) is 0 Å². The molecule has 0 heterocycles. The van der Waals surface area contributed by atoms with Gasteiger partial charge >= 0.3 is 0 Å². The molecule has 3 unspecified atom stereocenters. The Morgan fingerprint density at radius 1 is 1.35 bits per heavy atom. The minimum Gasteiger partial charge on any atom is -0.329 e. The van der Waals surface area contributed by atoms with Crippen molar-refractivity contribution in [2.24, 2.45) is 17.6 Å². The van der Waals surface area contributed by atoms with E-state index in [1.54, 1.807) is 0 Å². The third kappa shape index (κ3) is 3.26. The molecule has 2 nitrogen and oxygen atoms in total. The lowest BCUT2D eigenvalue weighted by atomic mass is 9.68. The van der Waals surface area contributed by atoms with E-state index in [1.165, 1.54) is 24.8 Å². The summed E-state index contributed by atoms with van der Waals surface area (Å²) >= 11 is 3.56. The number of likely N-dealkylation sites (N-methyl/N-ethyl adjacent to an activating group) is 1. The first-order chi connectivity index (χ1) is 9.48. The van der Waals surface area contributed by atoms with Crippen molar-refractivity contribution in [3.8, 4) is 0 Å². The van der Waals surface area contributed by atoms with E-state index in [4.69, 9.17) is 5.73 Å². The fourth-order valence-electron chi connectivity index (χ4n) is 3.75. The standard InChI is InChI=1S/C17H27BrN2/c1-13-7-8-14(2)17(10-13,12-19)20(3)11-15-5-4-6-16(18)9-15/h4-6,9,13-14H,7-8,10-12,19H2,1-3H3. The maximum Gasteiger partial charge on any atom is 0.0360 e. The van der Waals surface area contributed by atoms with Crippen LogP contribution in [0, 0.1) is 11.8 Å². The molecule has 1 aliphatic rings.